The average molecular weight is 316 g/mol. The lowest BCUT2D eigenvalue weighted by molar-refractivity contribution is -0.0497. The summed E-state index contributed by atoms with van der Waals surface area (Å²) in [5.74, 6) is -0.0372. The van der Waals surface area contributed by atoms with Crippen molar-refractivity contribution in [3.8, 4) is 5.75 Å². The number of rotatable bonds is 6. The molecule has 0 amide bonds. The Morgan fingerprint density at radius 2 is 2.14 bits per heavy atom. The molecule has 1 aromatic heterocycles. The van der Waals surface area contributed by atoms with Crippen LogP contribution in [0.2, 0.25) is 5.02 Å². The molecule has 21 heavy (non-hydrogen) atoms. The van der Waals surface area contributed by atoms with Crippen molar-refractivity contribution in [2.45, 2.75) is 33.0 Å². The third-order valence-corrected chi connectivity index (χ3v) is 3.12. The molecule has 0 saturated carbocycles. The van der Waals surface area contributed by atoms with E-state index in [0.29, 0.717) is 12.6 Å². The van der Waals surface area contributed by atoms with Gasteiger partial charge in [0.05, 0.1) is 11.2 Å². The first-order chi connectivity index (χ1) is 9.95. The zero-order valence-electron chi connectivity index (χ0n) is 11.7. The van der Waals surface area contributed by atoms with E-state index >= 15 is 0 Å². The Bertz CT molecular complexity index is 602. The van der Waals surface area contributed by atoms with Crippen LogP contribution in [0.4, 0.5) is 14.5 Å². The Labute approximate surface area is 126 Å². The number of nitrogens with zero attached hydrogens (tertiary/aromatic N) is 2. The van der Waals surface area contributed by atoms with Gasteiger partial charge >= 0.3 is 6.61 Å². The summed E-state index contributed by atoms with van der Waals surface area (Å²) in [6.07, 6.45) is 3.73. The Balaban J connectivity index is 1.98. The number of hydrogen-bond donors (Lipinski definition) is 1. The SMILES string of the molecule is CC(C)n1cc(CNc2ccc(OC(F)F)c(Cl)c2)cn1. The van der Waals surface area contributed by atoms with Crippen molar-refractivity contribution in [2.75, 3.05) is 5.32 Å². The van der Waals surface area contributed by atoms with Crippen LogP contribution in [0, 0.1) is 0 Å². The van der Waals surface area contributed by atoms with Crippen LogP contribution in [0.1, 0.15) is 25.5 Å². The van der Waals surface area contributed by atoms with Crippen LogP contribution in [-0.2, 0) is 6.54 Å². The highest BCUT2D eigenvalue weighted by atomic mass is 35.5. The molecule has 2 rings (SSSR count). The minimum Gasteiger partial charge on any atom is -0.433 e. The molecule has 114 valence electrons. The summed E-state index contributed by atoms with van der Waals surface area (Å²) in [6, 6.07) is 4.90. The van der Waals surface area contributed by atoms with E-state index in [4.69, 9.17) is 11.6 Å². The number of hydrogen-bond acceptors (Lipinski definition) is 3. The number of anilines is 1. The molecule has 0 bridgehead atoms. The summed E-state index contributed by atoms with van der Waals surface area (Å²) in [4.78, 5) is 0. The fourth-order valence-electron chi connectivity index (χ4n) is 1.76. The zero-order chi connectivity index (χ0) is 15.4. The minimum atomic E-state index is -2.89. The van der Waals surface area contributed by atoms with E-state index in [1.54, 1.807) is 18.3 Å². The van der Waals surface area contributed by atoms with Gasteiger partial charge in [-0.05, 0) is 32.0 Å². The van der Waals surface area contributed by atoms with Crippen LogP contribution in [0.5, 0.6) is 5.75 Å². The van der Waals surface area contributed by atoms with E-state index in [2.05, 4.69) is 15.2 Å². The molecule has 1 N–H and O–H groups in total. The maximum atomic E-state index is 12.1. The summed E-state index contributed by atoms with van der Waals surface area (Å²) in [5.41, 5.74) is 1.74. The van der Waals surface area contributed by atoms with Gasteiger partial charge in [0.15, 0.2) is 0 Å². The third-order valence-electron chi connectivity index (χ3n) is 2.83. The van der Waals surface area contributed by atoms with E-state index in [0.717, 1.165) is 11.3 Å². The zero-order valence-corrected chi connectivity index (χ0v) is 12.4. The van der Waals surface area contributed by atoms with Crippen LogP contribution in [0.15, 0.2) is 30.6 Å². The molecule has 4 nitrogen and oxygen atoms in total. The monoisotopic (exact) mass is 315 g/mol. The Kier molecular flexibility index (Phi) is 5.01. The standard InChI is InChI=1S/C14H16ClF2N3O/c1-9(2)20-8-10(7-19-20)6-18-11-3-4-13(12(15)5-11)21-14(16)17/h3-5,7-9,14,18H,6H2,1-2H3. The van der Waals surface area contributed by atoms with Crippen molar-refractivity contribution in [3.63, 3.8) is 0 Å². The molecule has 0 radical (unpaired) electrons. The second-order valence-electron chi connectivity index (χ2n) is 4.80. The Hall–Kier alpha value is -1.82. The molecule has 0 saturated heterocycles. The number of aromatic nitrogens is 2. The largest absolute Gasteiger partial charge is 0.433 e. The van der Waals surface area contributed by atoms with Crippen molar-refractivity contribution in [2.24, 2.45) is 0 Å². The summed E-state index contributed by atoms with van der Waals surface area (Å²) >= 11 is 5.89. The Morgan fingerprint density at radius 1 is 1.38 bits per heavy atom. The summed E-state index contributed by atoms with van der Waals surface area (Å²) < 4.78 is 30.4. The molecule has 0 aliphatic heterocycles. The second-order valence-corrected chi connectivity index (χ2v) is 5.21. The molecule has 0 spiro atoms. The van der Waals surface area contributed by atoms with Gasteiger partial charge in [0, 0.05) is 30.0 Å². The van der Waals surface area contributed by atoms with Crippen LogP contribution in [0.25, 0.3) is 0 Å². The predicted molar refractivity (Wildman–Crippen MR) is 78.0 cm³/mol. The van der Waals surface area contributed by atoms with Gasteiger partial charge in [-0.2, -0.15) is 13.9 Å². The number of nitrogens with one attached hydrogen (secondary N) is 1. The molecule has 2 aromatic rings. The molecule has 0 aliphatic rings. The van der Waals surface area contributed by atoms with Gasteiger partial charge in [-0.1, -0.05) is 11.6 Å². The fraction of sp³-hybridized carbons (Fsp3) is 0.357. The van der Waals surface area contributed by atoms with E-state index in [9.17, 15) is 8.78 Å². The normalized spacial score (nSPS) is 11.2. The highest BCUT2D eigenvalue weighted by molar-refractivity contribution is 6.32. The van der Waals surface area contributed by atoms with Gasteiger partial charge in [0.1, 0.15) is 5.75 Å². The van der Waals surface area contributed by atoms with Crippen LogP contribution >= 0.6 is 11.6 Å². The number of benzene rings is 1. The molecule has 1 aromatic carbocycles. The van der Waals surface area contributed by atoms with Crippen molar-refractivity contribution in [1.82, 2.24) is 9.78 Å². The maximum Gasteiger partial charge on any atom is 0.387 e. The van der Waals surface area contributed by atoms with Crippen molar-refractivity contribution in [1.29, 1.82) is 0 Å². The molecule has 1 heterocycles. The maximum absolute atomic E-state index is 12.1. The van der Waals surface area contributed by atoms with Gasteiger partial charge in [-0.25, -0.2) is 0 Å². The average Bonchev–Trinajstić information content (AvgIpc) is 2.88. The summed E-state index contributed by atoms with van der Waals surface area (Å²) in [6.45, 7) is 1.78. The number of halogens is 3. The van der Waals surface area contributed by atoms with Gasteiger partial charge in [0.25, 0.3) is 0 Å². The van der Waals surface area contributed by atoms with Gasteiger partial charge in [-0.15, -0.1) is 0 Å². The topological polar surface area (TPSA) is 39.1 Å². The van der Waals surface area contributed by atoms with Gasteiger partial charge in [0.2, 0.25) is 0 Å². The molecule has 0 unspecified atom stereocenters. The molecular formula is C14H16ClF2N3O. The lowest BCUT2D eigenvalue weighted by atomic mass is 10.3. The smallest absolute Gasteiger partial charge is 0.387 e. The first-order valence-corrected chi connectivity index (χ1v) is 6.84. The lowest BCUT2D eigenvalue weighted by Crippen LogP contribution is -2.03. The van der Waals surface area contributed by atoms with E-state index in [-0.39, 0.29) is 10.8 Å². The van der Waals surface area contributed by atoms with Crippen LogP contribution in [-0.4, -0.2) is 16.4 Å². The molecule has 0 aliphatic carbocycles. The first-order valence-electron chi connectivity index (χ1n) is 6.47. The minimum absolute atomic E-state index is 0.0372. The highest BCUT2D eigenvalue weighted by Crippen LogP contribution is 2.29. The van der Waals surface area contributed by atoms with E-state index < -0.39 is 6.61 Å². The molecule has 0 fully saturated rings. The summed E-state index contributed by atoms with van der Waals surface area (Å²) in [7, 11) is 0. The quantitative estimate of drug-likeness (QED) is 0.862. The molecule has 0 atom stereocenters. The summed E-state index contributed by atoms with van der Waals surface area (Å²) in [5, 5.41) is 7.53. The van der Waals surface area contributed by atoms with Crippen molar-refractivity contribution in [3.05, 3.63) is 41.2 Å². The molecule has 7 heteroatoms. The highest BCUT2D eigenvalue weighted by Gasteiger charge is 2.09. The predicted octanol–water partition coefficient (Wildman–Crippen LogP) is 4.33. The van der Waals surface area contributed by atoms with Gasteiger partial charge < -0.3 is 10.1 Å². The van der Waals surface area contributed by atoms with E-state index in [1.165, 1.54) is 6.07 Å². The number of alkyl halides is 2. The number of ether oxygens (including phenoxy) is 1. The molecular weight excluding hydrogens is 300 g/mol. The van der Waals surface area contributed by atoms with Gasteiger partial charge in [-0.3, -0.25) is 4.68 Å². The van der Waals surface area contributed by atoms with Crippen molar-refractivity contribution >= 4 is 17.3 Å². The van der Waals surface area contributed by atoms with E-state index in [1.807, 2.05) is 24.7 Å². The van der Waals surface area contributed by atoms with Crippen molar-refractivity contribution < 1.29 is 13.5 Å². The van der Waals surface area contributed by atoms with Crippen LogP contribution < -0.4 is 10.1 Å². The fourth-order valence-corrected chi connectivity index (χ4v) is 1.98. The third kappa shape index (κ3) is 4.32. The second kappa shape index (κ2) is 6.76. The van der Waals surface area contributed by atoms with Crippen LogP contribution in [0.3, 0.4) is 0 Å². The first kappa shape index (κ1) is 15.6. The Morgan fingerprint density at radius 3 is 2.71 bits per heavy atom. The lowest BCUT2D eigenvalue weighted by Gasteiger charge is -2.09.